The summed E-state index contributed by atoms with van der Waals surface area (Å²) in [6.45, 7) is 9.48. The van der Waals surface area contributed by atoms with Gasteiger partial charge in [-0.25, -0.2) is 9.97 Å². The van der Waals surface area contributed by atoms with E-state index in [1.165, 1.54) is 11.5 Å². The maximum absolute atomic E-state index is 4.52. The van der Waals surface area contributed by atoms with Crippen LogP contribution in [0.2, 0.25) is 0 Å². The smallest absolute Gasteiger partial charge is 0.223 e. The van der Waals surface area contributed by atoms with Gasteiger partial charge in [0.25, 0.3) is 0 Å². The second kappa shape index (κ2) is 7.54. The molecule has 1 aromatic rings. The molecule has 0 fully saturated rings. The predicted octanol–water partition coefficient (Wildman–Crippen LogP) is 3.46. The van der Waals surface area contributed by atoms with Crippen LogP contribution in [0.5, 0.6) is 0 Å². The van der Waals surface area contributed by atoms with E-state index >= 15 is 0 Å². The topological polar surface area (TPSA) is 37.8 Å². The van der Waals surface area contributed by atoms with E-state index < -0.39 is 0 Å². The van der Waals surface area contributed by atoms with Gasteiger partial charge in [0.1, 0.15) is 0 Å². The molecule has 0 saturated heterocycles. The molecule has 0 spiro atoms. The van der Waals surface area contributed by atoms with Gasteiger partial charge in [0, 0.05) is 17.9 Å². The minimum Gasteiger partial charge on any atom is -0.354 e. The number of nitrogens with zero attached hydrogens (tertiary/aromatic N) is 2. The average Bonchev–Trinajstić information content (AvgIpc) is 2.28. The summed E-state index contributed by atoms with van der Waals surface area (Å²) in [7, 11) is 0. The van der Waals surface area contributed by atoms with E-state index in [4.69, 9.17) is 0 Å². The van der Waals surface area contributed by atoms with E-state index in [1.807, 2.05) is 18.7 Å². The molecule has 0 bridgehead atoms. The van der Waals surface area contributed by atoms with Crippen LogP contribution in [0.15, 0.2) is 6.07 Å². The Balaban J connectivity index is 2.47. The van der Waals surface area contributed by atoms with Crippen LogP contribution in [0, 0.1) is 6.92 Å². The van der Waals surface area contributed by atoms with Gasteiger partial charge in [-0.2, -0.15) is 11.8 Å². The number of anilines is 1. The third kappa shape index (κ3) is 5.39. The van der Waals surface area contributed by atoms with Crippen molar-refractivity contribution in [1.29, 1.82) is 0 Å². The van der Waals surface area contributed by atoms with Crippen molar-refractivity contribution in [2.75, 3.05) is 23.4 Å². The van der Waals surface area contributed by atoms with Crippen molar-refractivity contribution in [3.63, 3.8) is 0 Å². The lowest BCUT2D eigenvalue weighted by Gasteiger charge is -2.09. The van der Waals surface area contributed by atoms with E-state index in [9.17, 15) is 0 Å². The van der Waals surface area contributed by atoms with Crippen LogP contribution in [0.25, 0.3) is 0 Å². The highest BCUT2D eigenvalue weighted by molar-refractivity contribution is 7.99. The second-order valence-corrected chi connectivity index (χ2v) is 5.78. The summed E-state index contributed by atoms with van der Waals surface area (Å²) in [6.07, 6.45) is 1.16. The van der Waals surface area contributed by atoms with Crippen molar-refractivity contribution in [1.82, 2.24) is 9.97 Å². The molecule has 0 saturated carbocycles. The van der Waals surface area contributed by atoms with Crippen molar-refractivity contribution < 1.29 is 0 Å². The Bertz CT molecular complexity index is 339. The van der Waals surface area contributed by atoms with Crippen LogP contribution in [0.1, 0.15) is 44.5 Å². The first-order valence-corrected chi connectivity index (χ1v) is 7.46. The first kappa shape index (κ1) is 14.3. The maximum Gasteiger partial charge on any atom is 0.223 e. The number of thioether (sulfide) groups is 1. The fourth-order valence-electron chi connectivity index (χ4n) is 1.49. The Labute approximate surface area is 109 Å². The summed E-state index contributed by atoms with van der Waals surface area (Å²) in [5.41, 5.74) is 2.15. The summed E-state index contributed by atoms with van der Waals surface area (Å²) >= 11 is 1.97. The molecule has 4 heteroatoms. The zero-order valence-corrected chi connectivity index (χ0v) is 12.1. The number of rotatable bonds is 7. The molecule has 96 valence electrons. The molecule has 1 heterocycles. The number of nitrogens with one attached hydrogen (secondary N) is 1. The molecule has 0 aliphatic carbocycles. The molecule has 17 heavy (non-hydrogen) atoms. The van der Waals surface area contributed by atoms with Gasteiger partial charge in [-0.1, -0.05) is 20.8 Å². The molecule has 0 radical (unpaired) electrons. The van der Waals surface area contributed by atoms with E-state index in [1.54, 1.807) is 0 Å². The number of hydrogen-bond donors (Lipinski definition) is 1. The first-order valence-electron chi connectivity index (χ1n) is 6.30. The molecule has 0 aliphatic rings. The van der Waals surface area contributed by atoms with Gasteiger partial charge in [-0.3, -0.25) is 0 Å². The van der Waals surface area contributed by atoms with Gasteiger partial charge >= 0.3 is 0 Å². The van der Waals surface area contributed by atoms with Gasteiger partial charge in [0.15, 0.2) is 0 Å². The highest BCUT2D eigenvalue weighted by Crippen LogP contribution is 2.14. The van der Waals surface area contributed by atoms with Crippen molar-refractivity contribution in [3.8, 4) is 0 Å². The summed E-state index contributed by atoms with van der Waals surface area (Å²) in [5.74, 6) is 3.62. The van der Waals surface area contributed by atoms with Gasteiger partial charge in [-0.05, 0) is 36.8 Å². The van der Waals surface area contributed by atoms with Gasteiger partial charge < -0.3 is 5.32 Å². The summed E-state index contributed by atoms with van der Waals surface area (Å²) in [5, 5.41) is 3.30. The van der Waals surface area contributed by atoms with E-state index in [0.717, 1.165) is 30.3 Å². The Morgan fingerprint density at radius 2 is 2.12 bits per heavy atom. The molecule has 3 nitrogen and oxygen atoms in total. The van der Waals surface area contributed by atoms with Gasteiger partial charge in [-0.15, -0.1) is 0 Å². The molecule has 1 aromatic heterocycles. The van der Waals surface area contributed by atoms with E-state index in [2.05, 4.69) is 42.1 Å². The number of aryl methyl sites for hydroxylation is 1. The van der Waals surface area contributed by atoms with Crippen LogP contribution in [-0.2, 0) is 0 Å². The van der Waals surface area contributed by atoms with Crippen molar-refractivity contribution >= 4 is 17.7 Å². The highest BCUT2D eigenvalue weighted by Gasteiger charge is 2.05. The Hall–Kier alpha value is -0.770. The average molecular weight is 253 g/mol. The monoisotopic (exact) mass is 253 g/mol. The number of hydrogen-bond acceptors (Lipinski definition) is 4. The highest BCUT2D eigenvalue weighted by atomic mass is 32.2. The summed E-state index contributed by atoms with van der Waals surface area (Å²) in [4.78, 5) is 8.93. The molecular weight excluding hydrogens is 230 g/mol. The lowest BCUT2D eigenvalue weighted by Crippen LogP contribution is -2.09. The summed E-state index contributed by atoms with van der Waals surface area (Å²) in [6, 6.07) is 2.06. The summed E-state index contributed by atoms with van der Waals surface area (Å²) < 4.78 is 0. The van der Waals surface area contributed by atoms with E-state index in [-0.39, 0.29) is 0 Å². The molecule has 0 amide bonds. The molecule has 0 aromatic carbocycles. The van der Waals surface area contributed by atoms with Crippen LogP contribution in [-0.4, -0.2) is 28.0 Å². The predicted molar refractivity (Wildman–Crippen MR) is 77.0 cm³/mol. The van der Waals surface area contributed by atoms with Crippen molar-refractivity contribution in [3.05, 3.63) is 17.5 Å². The van der Waals surface area contributed by atoms with Crippen LogP contribution < -0.4 is 5.32 Å². The third-order valence-electron chi connectivity index (χ3n) is 2.42. The molecule has 0 aliphatic heterocycles. The standard InChI is InChI=1S/C13H23N3S/c1-5-17-8-6-7-14-13-15-11(4)9-12(16-13)10(2)3/h9-10H,5-8H2,1-4H3,(H,14,15,16). The zero-order valence-electron chi connectivity index (χ0n) is 11.3. The molecule has 1 rings (SSSR count). The quantitative estimate of drug-likeness (QED) is 0.755. The van der Waals surface area contributed by atoms with Crippen molar-refractivity contribution in [2.45, 2.75) is 40.0 Å². The Kier molecular flexibility index (Phi) is 6.34. The van der Waals surface area contributed by atoms with Crippen LogP contribution in [0.3, 0.4) is 0 Å². The van der Waals surface area contributed by atoms with Crippen molar-refractivity contribution in [2.24, 2.45) is 0 Å². The molecule has 0 unspecified atom stereocenters. The third-order valence-corrected chi connectivity index (χ3v) is 3.40. The Morgan fingerprint density at radius 3 is 2.76 bits per heavy atom. The molecule has 1 N–H and O–H groups in total. The molecule has 0 atom stereocenters. The fourth-order valence-corrected chi connectivity index (χ4v) is 2.12. The van der Waals surface area contributed by atoms with Gasteiger partial charge in [0.2, 0.25) is 5.95 Å². The normalized spacial score (nSPS) is 10.9. The maximum atomic E-state index is 4.52. The second-order valence-electron chi connectivity index (χ2n) is 4.39. The molecular formula is C13H23N3S. The minimum atomic E-state index is 0.452. The fraction of sp³-hybridized carbons (Fsp3) is 0.692. The lowest BCUT2D eigenvalue weighted by atomic mass is 10.1. The lowest BCUT2D eigenvalue weighted by molar-refractivity contribution is 0.807. The minimum absolute atomic E-state index is 0.452. The SMILES string of the molecule is CCSCCCNc1nc(C)cc(C(C)C)n1. The largest absolute Gasteiger partial charge is 0.354 e. The van der Waals surface area contributed by atoms with Crippen LogP contribution in [0.4, 0.5) is 5.95 Å². The van der Waals surface area contributed by atoms with Crippen LogP contribution >= 0.6 is 11.8 Å². The van der Waals surface area contributed by atoms with E-state index in [0.29, 0.717) is 5.92 Å². The zero-order chi connectivity index (χ0) is 12.7. The van der Waals surface area contributed by atoms with Gasteiger partial charge in [0.05, 0.1) is 0 Å². The number of aromatic nitrogens is 2. The first-order chi connectivity index (χ1) is 8.13. The Morgan fingerprint density at radius 1 is 1.35 bits per heavy atom.